The van der Waals surface area contributed by atoms with Gasteiger partial charge in [-0.15, -0.1) is 5.10 Å². The van der Waals surface area contributed by atoms with Gasteiger partial charge in [0.2, 0.25) is 5.95 Å². The summed E-state index contributed by atoms with van der Waals surface area (Å²) < 4.78 is 9.03. The number of nitrogen functional groups attached to an aromatic ring is 1. The van der Waals surface area contributed by atoms with Gasteiger partial charge in [-0.2, -0.15) is 10.1 Å². The summed E-state index contributed by atoms with van der Waals surface area (Å²) in [5.74, 6) is 0.274. The standard InChI is InChI=1S/C14H18N6O/c1-4-21-10(3)20-8-11(7-16-20)12-5-6-19-13(9(12)2)17-14(15)18-19/h5-8,10H,4H2,1-3H3,(H2,15,18). The summed E-state index contributed by atoms with van der Waals surface area (Å²) in [5.41, 5.74) is 9.50. The number of aromatic nitrogens is 5. The second-order valence-electron chi connectivity index (χ2n) is 4.86. The van der Waals surface area contributed by atoms with Crippen molar-refractivity contribution in [1.82, 2.24) is 24.4 Å². The highest BCUT2D eigenvalue weighted by Crippen LogP contribution is 2.26. The Kier molecular flexibility index (Phi) is 3.34. The van der Waals surface area contributed by atoms with Crippen LogP contribution in [-0.2, 0) is 4.74 Å². The molecule has 0 fully saturated rings. The number of rotatable bonds is 4. The SMILES string of the molecule is CCOC(C)n1cc(-c2ccn3nc(N)nc3c2C)cn1. The number of hydrogen-bond donors (Lipinski definition) is 1. The maximum atomic E-state index is 5.65. The van der Waals surface area contributed by atoms with Crippen molar-refractivity contribution < 1.29 is 4.74 Å². The van der Waals surface area contributed by atoms with E-state index in [4.69, 9.17) is 10.5 Å². The van der Waals surface area contributed by atoms with Crippen LogP contribution in [0.2, 0.25) is 0 Å². The molecular formula is C14H18N6O. The zero-order valence-electron chi connectivity index (χ0n) is 12.3. The van der Waals surface area contributed by atoms with Gasteiger partial charge in [0.15, 0.2) is 5.65 Å². The second kappa shape index (κ2) is 5.17. The lowest BCUT2D eigenvalue weighted by Gasteiger charge is -2.11. The molecule has 3 aromatic heterocycles. The summed E-state index contributed by atoms with van der Waals surface area (Å²) >= 11 is 0. The topological polar surface area (TPSA) is 83.3 Å². The summed E-state index contributed by atoms with van der Waals surface area (Å²) in [6.07, 6.45) is 5.56. The molecule has 3 aromatic rings. The molecule has 7 heteroatoms. The third-order valence-corrected chi connectivity index (χ3v) is 3.46. The molecule has 0 amide bonds. The minimum absolute atomic E-state index is 0.0866. The summed E-state index contributed by atoms with van der Waals surface area (Å²) in [5, 5.41) is 8.47. The fourth-order valence-electron chi connectivity index (χ4n) is 2.40. The van der Waals surface area contributed by atoms with E-state index in [0.29, 0.717) is 6.61 Å². The molecule has 0 bridgehead atoms. The maximum absolute atomic E-state index is 5.65. The molecule has 0 spiro atoms. The van der Waals surface area contributed by atoms with Crippen LogP contribution in [0.1, 0.15) is 25.6 Å². The average molecular weight is 286 g/mol. The highest BCUT2D eigenvalue weighted by molar-refractivity contribution is 5.72. The number of fused-ring (bicyclic) bond motifs is 1. The molecule has 110 valence electrons. The van der Waals surface area contributed by atoms with E-state index in [1.165, 1.54) is 0 Å². The van der Waals surface area contributed by atoms with Gasteiger partial charge in [0.1, 0.15) is 6.23 Å². The van der Waals surface area contributed by atoms with E-state index in [1.54, 1.807) is 9.20 Å². The van der Waals surface area contributed by atoms with Gasteiger partial charge in [-0.1, -0.05) is 0 Å². The highest BCUT2D eigenvalue weighted by atomic mass is 16.5. The minimum atomic E-state index is -0.0866. The van der Waals surface area contributed by atoms with Crippen LogP contribution in [0.4, 0.5) is 5.95 Å². The van der Waals surface area contributed by atoms with E-state index in [1.807, 2.05) is 45.4 Å². The van der Waals surface area contributed by atoms with Crippen LogP contribution in [0.15, 0.2) is 24.7 Å². The Hall–Kier alpha value is -2.41. The fourth-order valence-corrected chi connectivity index (χ4v) is 2.40. The molecule has 0 aliphatic heterocycles. The van der Waals surface area contributed by atoms with Crippen LogP contribution in [0.25, 0.3) is 16.8 Å². The molecule has 7 nitrogen and oxygen atoms in total. The van der Waals surface area contributed by atoms with Crippen molar-refractivity contribution in [1.29, 1.82) is 0 Å². The van der Waals surface area contributed by atoms with Crippen LogP contribution in [0.5, 0.6) is 0 Å². The Morgan fingerprint density at radius 1 is 1.43 bits per heavy atom. The first-order chi connectivity index (χ1) is 10.1. The van der Waals surface area contributed by atoms with E-state index in [2.05, 4.69) is 15.2 Å². The lowest BCUT2D eigenvalue weighted by atomic mass is 10.1. The Labute approximate surface area is 122 Å². The predicted octanol–water partition coefficient (Wildman–Crippen LogP) is 2.04. The summed E-state index contributed by atoms with van der Waals surface area (Å²) in [6, 6.07) is 1.99. The molecule has 3 rings (SSSR count). The van der Waals surface area contributed by atoms with Gasteiger partial charge < -0.3 is 10.5 Å². The third kappa shape index (κ3) is 2.36. The number of anilines is 1. The third-order valence-electron chi connectivity index (χ3n) is 3.46. The molecule has 3 heterocycles. The minimum Gasteiger partial charge on any atom is -0.366 e. The number of nitrogens with two attached hydrogens (primary N) is 1. The molecular weight excluding hydrogens is 268 g/mol. The van der Waals surface area contributed by atoms with Crippen LogP contribution < -0.4 is 5.73 Å². The first-order valence-electron chi connectivity index (χ1n) is 6.87. The number of pyridine rings is 1. The van der Waals surface area contributed by atoms with Crippen molar-refractivity contribution in [3.05, 3.63) is 30.2 Å². The van der Waals surface area contributed by atoms with Crippen LogP contribution in [0.3, 0.4) is 0 Å². The molecule has 1 unspecified atom stereocenters. The number of aryl methyl sites for hydroxylation is 1. The van der Waals surface area contributed by atoms with E-state index >= 15 is 0 Å². The van der Waals surface area contributed by atoms with Crippen molar-refractivity contribution in [2.45, 2.75) is 27.0 Å². The second-order valence-corrected chi connectivity index (χ2v) is 4.86. The first kappa shape index (κ1) is 13.6. The lowest BCUT2D eigenvalue weighted by Crippen LogP contribution is -2.09. The summed E-state index contributed by atoms with van der Waals surface area (Å²) in [6.45, 7) is 6.59. The Morgan fingerprint density at radius 2 is 2.24 bits per heavy atom. The van der Waals surface area contributed by atoms with Gasteiger partial charge in [0, 0.05) is 30.1 Å². The molecule has 0 aliphatic carbocycles. The normalized spacial score (nSPS) is 12.9. The molecule has 0 radical (unpaired) electrons. The zero-order valence-corrected chi connectivity index (χ0v) is 12.3. The van der Waals surface area contributed by atoms with Gasteiger partial charge in [0.25, 0.3) is 0 Å². The Bertz CT molecular complexity index is 775. The van der Waals surface area contributed by atoms with Gasteiger partial charge in [-0.3, -0.25) is 0 Å². The smallest absolute Gasteiger partial charge is 0.240 e. The molecule has 0 saturated carbocycles. The van der Waals surface area contributed by atoms with E-state index in [0.717, 1.165) is 22.3 Å². The van der Waals surface area contributed by atoms with E-state index in [9.17, 15) is 0 Å². The zero-order chi connectivity index (χ0) is 15.0. The first-order valence-corrected chi connectivity index (χ1v) is 6.87. The number of hydrogen-bond acceptors (Lipinski definition) is 5. The summed E-state index contributed by atoms with van der Waals surface area (Å²) in [7, 11) is 0. The van der Waals surface area contributed by atoms with Crippen molar-refractivity contribution >= 4 is 11.6 Å². The molecule has 0 saturated heterocycles. The highest BCUT2D eigenvalue weighted by Gasteiger charge is 2.12. The van der Waals surface area contributed by atoms with E-state index in [-0.39, 0.29) is 12.2 Å². The van der Waals surface area contributed by atoms with Crippen molar-refractivity contribution in [2.75, 3.05) is 12.3 Å². The lowest BCUT2D eigenvalue weighted by molar-refractivity contribution is 0.0160. The van der Waals surface area contributed by atoms with Crippen molar-refractivity contribution in [3.8, 4) is 11.1 Å². The van der Waals surface area contributed by atoms with Gasteiger partial charge in [-0.05, 0) is 32.4 Å². The molecule has 1 atom stereocenters. The van der Waals surface area contributed by atoms with Crippen molar-refractivity contribution in [3.63, 3.8) is 0 Å². The van der Waals surface area contributed by atoms with Gasteiger partial charge in [-0.25, -0.2) is 9.20 Å². The van der Waals surface area contributed by atoms with Gasteiger partial charge >= 0.3 is 0 Å². The maximum Gasteiger partial charge on any atom is 0.240 e. The molecule has 2 N–H and O–H groups in total. The predicted molar refractivity (Wildman–Crippen MR) is 79.7 cm³/mol. The molecule has 0 aromatic carbocycles. The van der Waals surface area contributed by atoms with E-state index < -0.39 is 0 Å². The number of nitrogens with zero attached hydrogens (tertiary/aromatic N) is 5. The molecule has 0 aliphatic rings. The van der Waals surface area contributed by atoms with Crippen LogP contribution in [-0.4, -0.2) is 31.0 Å². The number of ether oxygens (including phenoxy) is 1. The van der Waals surface area contributed by atoms with Crippen LogP contribution >= 0.6 is 0 Å². The summed E-state index contributed by atoms with van der Waals surface area (Å²) in [4.78, 5) is 4.25. The Morgan fingerprint density at radius 3 is 3.00 bits per heavy atom. The van der Waals surface area contributed by atoms with Crippen molar-refractivity contribution in [2.24, 2.45) is 0 Å². The Balaban J connectivity index is 2.02. The molecule has 21 heavy (non-hydrogen) atoms. The quantitative estimate of drug-likeness (QED) is 0.793. The average Bonchev–Trinajstić information content (AvgIpc) is 3.06. The monoisotopic (exact) mass is 286 g/mol. The largest absolute Gasteiger partial charge is 0.366 e. The van der Waals surface area contributed by atoms with Crippen LogP contribution in [0, 0.1) is 6.92 Å². The fraction of sp³-hybridized carbons (Fsp3) is 0.357. The van der Waals surface area contributed by atoms with Gasteiger partial charge in [0.05, 0.1) is 6.20 Å².